The zero-order valence-electron chi connectivity index (χ0n) is 12.1. The summed E-state index contributed by atoms with van der Waals surface area (Å²) >= 11 is 0. The van der Waals surface area contributed by atoms with Crippen LogP contribution in [0, 0.1) is 5.82 Å². The van der Waals surface area contributed by atoms with E-state index in [2.05, 4.69) is 12.2 Å². The number of benzene rings is 1. The molecule has 4 nitrogen and oxygen atoms in total. The van der Waals surface area contributed by atoms with E-state index in [1.807, 2.05) is 0 Å². The van der Waals surface area contributed by atoms with Gasteiger partial charge in [0, 0.05) is 11.9 Å². The van der Waals surface area contributed by atoms with Gasteiger partial charge in [0.2, 0.25) is 5.82 Å². The van der Waals surface area contributed by atoms with E-state index < -0.39 is 17.2 Å². The van der Waals surface area contributed by atoms with Crippen molar-refractivity contribution in [1.82, 2.24) is 5.32 Å². The molecule has 0 aliphatic rings. The molecule has 1 heterocycles. The monoisotopic (exact) mass is 293 g/mol. The molecule has 21 heavy (non-hydrogen) atoms. The molecule has 1 aromatic heterocycles. The summed E-state index contributed by atoms with van der Waals surface area (Å²) in [6, 6.07) is 4.38. The summed E-state index contributed by atoms with van der Waals surface area (Å²) in [6.07, 6.45) is 4.63. The first-order chi connectivity index (χ1) is 10.1. The number of rotatable bonds is 7. The molecule has 0 unspecified atom stereocenters. The number of aromatic hydroxyl groups is 1. The highest BCUT2D eigenvalue weighted by Gasteiger charge is 2.12. The van der Waals surface area contributed by atoms with Crippen LogP contribution in [0.5, 0.6) is 5.75 Å². The molecule has 2 rings (SSSR count). The predicted molar refractivity (Wildman–Crippen MR) is 80.0 cm³/mol. The van der Waals surface area contributed by atoms with E-state index in [1.165, 1.54) is 31.4 Å². The average molecular weight is 293 g/mol. The molecule has 0 aliphatic heterocycles. The van der Waals surface area contributed by atoms with E-state index in [4.69, 9.17) is 4.42 Å². The standard InChI is InChI=1S/C16H20FNO3/c1-2-3-4-5-8-18-10-12-9-11-6-7-13(19)14(17)15(11)21-16(12)20/h6-7,9,18-19H,2-5,8,10H2,1H3. The van der Waals surface area contributed by atoms with E-state index in [0.717, 1.165) is 13.0 Å². The summed E-state index contributed by atoms with van der Waals surface area (Å²) in [4.78, 5) is 11.8. The minimum Gasteiger partial charge on any atom is -0.505 e. The van der Waals surface area contributed by atoms with E-state index in [9.17, 15) is 14.3 Å². The SMILES string of the molecule is CCCCCCNCc1cc2ccc(O)c(F)c2oc1=O. The molecule has 0 fully saturated rings. The van der Waals surface area contributed by atoms with Crippen LogP contribution in [0.15, 0.2) is 27.4 Å². The van der Waals surface area contributed by atoms with E-state index in [0.29, 0.717) is 17.5 Å². The largest absolute Gasteiger partial charge is 0.505 e. The van der Waals surface area contributed by atoms with Crippen molar-refractivity contribution >= 4 is 11.0 Å². The van der Waals surface area contributed by atoms with Crippen LogP contribution in [-0.2, 0) is 6.54 Å². The Bertz CT molecular complexity index is 666. The number of nitrogens with one attached hydrogen (secondary N) is 1. The maximum Gasteiger partial charge on any atom is 0.340 e. The van der Waals surface area contributed by atoms with Gasteiger partial charge >= 0.3 is 5.63 Å². The van der Waals surface area contributed by atoms with Gasteiger partial charge in [-0.2, -0.15) is 4.39 Å². The van der Waals surface area contributed by atoms with Crippen LogP contribution >= 0.6 is 0 Å². The first-order valence-corrected chi connectivity index (χ1v) is 7.28. The van der Waals surface area contributed by atoms with Crippen molar-refractivity contribution in [3.05, 3.63) is 40.0 Å². The molecule has 2 aromatic rings. The van der Waals surface area contributed by atoms with Gasteiger partial charge < -0.3 is 14.8 Å². The number of hydrogen-bond acceptors (Lipinski definition) is 4. The maximum atomic E-state index is 13.6. The summed E-state index contributed by atoms with van der Waals surface area (Å²) in [5.41, 5.74) is -0.317. The Balaban J connectivity index is 2.06. The Hall–Kier alpha value is -1.88. The van der Waals surface area contributed by atoms with Crippen molar-refractivity contribution in [3.63, 3.8) is 0 Å². The van der Waals surface area contributed by atoms with E-state index >= 15 is 0 Å². The second kappa shape index (κ2) is 7.22. The third kappa shape index (κ3) is 3.82. The minimum atomic E-state index is -0.899. The van der Waals surface area contributed by atoms with Gasteiger partial charge in [-0.25, -0.2) is 4.79 Å². The minimum absolute atomic E-state index is 0.202. The number of phenolic OH excluding ortho intramolecular Hbond substituents is 1. The molecule has 1 aromatic carbocycles. The van der Waals surface area contributed by atoms with Crippen molar-refractivity contribution in [2.24, 2.45) is 0 Å². The smallest absolute Gasteiger partial charge is 0.340 e. The average Bonchev–Trinajstić information content (AvgIpc) is 2.48. The fourth-order valence-corrected chi connectivity index (χ4v) is 2.21. The normalized spacial score (nSPS) is 11.1. The van der Waals surface area contributed by atoms with Gasteiger partial charge in [0.05, 0.1) is 5.56 Å². The highest BCUT2D eigenvalue weighted by molar-refractivity contribution is 5.79. The fraction of sp³-hybridized carbons (Fsp3) is 0.438. The summed E-state index contributed by atoms with van der Waals surface area (Å²) < 4.78 is 18.6. The molecule has 5 heteroatoms. The second-order valence-electron chi connectivity index (χ2n) is 5.11. The molecule has 114 valence electrons. The molecule has 0 saturated heterocycles. The topological polar surface area (TPSA) is 62.5 Å². The second-order valence-corrected chi connectivity index (χ2v) is 5.11. The van der Waals surface area contributed by atoms with Crippen LogP contribution in [0.2, 0.25) is 0 Å². The third-order valence-electron chi connectivity index (χ3n) is 3.42. The lowest BCUT2D eigenvalue weighted by atomic mass is 10.1. The zero-order chi connectivity index (χ0) is 15.2. The molecular formula is C16H20FNO3. The molecule has 0 radical (unpaired) electrons. The number of phenols is 1. The van der Waals surface area contributed by atoms with Gasteiger partial charge in [0.15, 0.2) is 11.3 Å². The Morgan fingerprint density at radius 1 is 1.29 bits per heavy atom. The number of hydrogen-bond donors (Lipinski definition) is 2. The lowest BCUT2D eigenvalue weighted by Crippen LogP contribution is -2.20. The van der Waals surface area contributed by atoms with Gasteiger partial charge in [0.25, 0.3) is 0 Å². The van der Waals surface area contributed by atoms with Crippen molar-refractivity contribution in [2.45, 2.75) is 39.2 Å². The van der Waals surface area contributed by atoms with Gasteiger partial charge in [-0.05, 0) is 31.2 Å². The Morgan fingerprint density at radius 2 is 2.10 bits per heavy atom. The highest BCUT2D eigenvalue weighted by atomic mass is 19.1. The van der Waals surface area contributed by atoms with Crippen LogP contribution < -0.4 is 10.9 Å². The molecule has 2 N–H and O–H groups in total. The predicted octanol–water partition coefficient (Wildman–Crippen LogP) is 3.31. The number of unbranched alkanes of at least 4 members (excludes halogenated alkanes) is 3. The molecule has 0 atom stereocenters. The number of fused-ring (bicyclic) bond motifs is 1. The third-order valence-corrected chi connectivity index (χ3v) is 3.42. The molecule has 0 saturated carbocycles. The Labute approximate surface area is 122 Å². The summed E-state index contributed by atoms with van der Waals surface area (Å²) in [5, 5.41) is 12.9. The lowest BCUT2D eigenvalue weighted by Gasteiger charge is -2.06. The highest BCUT2D eigenvalue weighted by Crippen LogP contribution is 2.24. The first kappa shape index (κ1) is 15.5. The first-order valence-electron chi connectivity index (χ1n) is 7.28. The maximum absolute atomic E-state index is 13.6. The van der Waals surface area contributed by atoms with Gasteiger partial charge in [-0.15, -0.1) is 0 Å². The van der Waals surface area contributed by atoms with Gasteiger partial charge in [-0.3, -0.25) is 0 Å². The molecular weight excluding hydrogens is 273 g/mol. The van der Waals surface area contributed by atoms with Crippen LogP contribution in [0.1, 0.15) is 38.2 Å². The lowest BCUT2D eigenvalue weighted by molar-refractivity contribution is 0.424. The summed E-state index contributed by atoms with van der Waals surface area (Å²) in [7, 11) is 0. The molecule has 0 amide bonds. The fourth-order valence-electron chi connectivity index (χ4n) is 2.21. The van der Waals surface area contributed by atoms with Crippen LogP contribution in [-0.4, -0.2) is 11.7 Å². The van der Waals surface area contributed by atoms with Gasteiger partial charge in [-0.1, -0.05) is 26.2 Å². The summed E-state index contributed by atoms with van der Waals surface area (Å²) in [6.45, 7) is 3.39. The molecule has 0 bridgehead atoms. The molecule has 0 aliphatic carbocycles. The Morgan fingerprint density at radius 3 is 2.86 bits per heavy atom. The Kier molecular flexibility index (Phi) is 5.33. The van der Waals surface area contributed by atoms with Crippen molar-refractivity contribution in [2.75, 3.05) is 6.54 Å². The van der Waals surface area contributed by atoms with Crippen molar-refractivity contribution in [3.8, 4) is 5.75 Å². The van der Waals surface area contributed by atoms with Gasteiger partial charge in [0.1, 0.15) is 0 Å². The quantitative estimate of drug-likeness (QED) is 0.607. The molecule has 0 spiro atoms. The van der Waals surface area contributed by atoms with Crippen molar-refractivity contribution < 1.29 is 13.9 Å². The van der Waals surface area contributed by atoms with Crippen LogP contribution in [0.3, 0.4) is 0 Å². The summed E-state index contributed by atoms with van der Waals surface area (Å²) in [5.74, 6) is -1.42. The van der Waals surface area contributed by atoms with Crippen LogP contribution in [0.25, 0.3) is 11.0 Å². The van der Waals surface area contributed by atoms with Crippen LogP contribution in [0.4, 0.5) is 4.39 Å². The number of halogens is 1. The van der Waals surface area contributed by atoms with E-state index in [-0.39, 0.29) is 5.58 Å². The van der Waals surface area contributed by atoms with Crippen molar-refractivity contribution in [1.29, 1.82) is 0 Å². The zero-order valence-corrected chi connectivity index (χ0v) is 12.1. The van der Waals surface area contributed by atoms with E-state index in [1.54, 1.807) is 6.07 Å².